The Morgan fingerprint density at radius 2 is 2.22 bits per heavy atom. The van der Waals surface area contributed by atoms with Gasteiger partial charge in [-0.25, -0.2) is 8.42 Å². The highest BCUT2D eigenvalue weighted by Crippen LogP contribution is 2.11. The van der Waals surface area contributed by atoms with Crippen LogP contribution in [0.15, 0.2) is 22.9 Å². The summed E-state index contributed by atoms with van der Waals surface area (Å²) in [7, 11) is -3.77. The molecule has 180 valence electrons. The first kappa shape index (κ1) is 25.6. The molecule has 2 unspecified atom stereocenters. The second-order valence-electron chi connectivity index (χ2n) is 6.99. The maximum absolute atomic E-state index is 12.2. The van der Waals surface area contributed by atoms with E-state index < -0.39 is 34.5 Å². The molecule has 0 radical (unpaired) electrons. The topological polar surface area (TPSA) is 184 Å². The summed E-state index contributed by atoms with van der Waals surface area (Å²) in [5.74, 6) is -2.41. The summed E-state index contributed by atoms with van der Waals surface area (Å²) in [6.45, 7) is 3.16. The molecule has 13 nitrogen and oxygen atoms in total. The maximum atomic E-state index is 12.2. The molecule has 0 aliphatic carbocycles. The van der Waals surface area contributed by atoms with Crippen molar-refractivity contribution in [2.45, 2.75) is 38.5 Å². The molecular weight excluding hydrogens is 444 g/mol. The van der Waals surface area contributed by atoms with Crippen molar-refractivity contribution in [1.29, 1.82) is 0 Å². The first-order valence-electron chi connectivity index (χ1n) is 10.3. The van der Waals surface area contributed by atoms with Gasteiger partial charge in [0.1, 0.15) is 12.3 Å². The van der Waals surface area contributed by atoms with Crippen molar-refractivity contribution in [1.82, 2.24) is 31.1 Å². The SMILES string of the molecule is CCCCS(=O)(=O)NC(CNC(=O)c1cc(OCCCNC2NC=CCN2)no1)C(=O)O. The number of carboxylic acid groups (broad SMARTS) is 1. The van der Waals surface area contributed by atoms with Crippen LogP contribution in [0, 0.1) is 0 Å². The molecule has 1 aromatic heterocycles. The number of carboxylic acids is 1. The van der Waals surface area contributed by atoms with Gasteiger partial charge in [0.05, 0.1) is 18.4 Å². The zero-order chi connectivity index (χ0) is 23.4. The van der Waals surface area contributed by atoms with Gasteiger partial charge >= 0.3 is 5.97 Å². The van der Waals surface area contributed by atoms with Gasteiger partial charge in [-0.1, -0.05) is 19.4 Å². The summed E-state index contributed by atoms with van der Waals surface area (Å²) in [5.41, 5.74) is 0. The van der Waals surface area contributed by atoms with E-state index in [1.54, 1.807) is 0 Å². The number of carbonyl (C=O) groups excluding carboxylic acids is 1. The fourth-order valence-electron chi connectivity index (χ4n) is 2.60. The number of aromatic nitrogens is 1. The molecule has 2 atom stereocenters. The Morgan fingerprint density at radius 3 is 2.91 bits per heavy atom. The average molecular weight is 475 g/mol. The lowest BCUT2D eigenvalue weighted by molar-refractivity contribution is -0.138. The molecule has 6 N–H and O–H groups in total. The van der Waals surface area contributed by atoms with Gasteiger partial charge in [0, 0.05) is 19.6 Å². The van der Waals surface area contributed by atoms with Crippen LogP contribution in [-0.2, 0) is 14.8 Å². The van der Waals surface area contributed by atoms with Crippen LogP contribution in [0.5, 0.6) is 5.88 Å². The molecule has 1 aromatic rings. The van der Waals surface area contributed by atoms with Gasteiger partial charge in [0.25, 0.3) is 11.8 Å². The van der Waals surface area contributed by atoms with Gasteiger partial charge in [-0.3, -0.25) is 20.2 Å². The zero-order valence-corrected chi connectivity index (χ0v) is 18.6. The van der Waals surface area contributed by atoms with Crippen molar-refractivity contribution in [3.05, 3.63) is 24.1 Å². The quantitative estimate of drug-likeness (QED) is 0.170. The molecule has 0 bridgehead atoms. The maximum Gasteiger partial charge on any atom is 0.323 e. The highest BCUT2D eigenvalue weighted by molar-refractivity contribution is 7.89. The third-order valence-electron chi connectivity index (χ3n) is 4.31. The number of hydrogen-bond donors (Lipinski definition) is 6. The number of unbranched alkanes of at least 4 members (excludes halogenated alkanes) is 1. The van der Waals surface area contributed by atoms with Crippen LogP contribution < -0.4 is 30.7 Å². The lowest BCUT2D eigenvalue weighted by atomic mass is 10.3. The molecule has 0 fully saturated rings. The second kappa shape index (κ2) is 13.0. The number of hydrogen-bond acceptors (Lipinski definition) is 10. The van der Waals surface area contributed by atoms with Gasteiger partial charge in [-0.2, -0.15) is 4.72 Å². The van der Waals surface area contributed by atoms with E-state index in [9.17, 15) is 23.1 Å². The van der Waals surface area contributed by atoms with E-state index in [4.69, 9.17) is 9.26 Å². The van der Waals surface area contributed by atoms with E-state index in [0.717, 1.165) is 6.54 Å². The summed E-state index contributed by atoms with van der Waals surface area (Å²) in [5, 5.41) is 24.7. The van der Waals surface area contributed by atoms with Crippen LogP contribution in [0.25, 0.3) is 0 Å². The van der Waals surface area contributed by atoms with Gasteiger partial charge in [0.2, 0.25) is 15.8 Å². The van der Waals surface area contributed by atoms with Gasteiger partial charge in [0.15, 0.2) is 0 Å². The van der Waals surface area contributed by atoms with Crippen molar-refractivity contribution in [2.24, 2.45) is 0 Å². The Kier molecular flexibility index (Phi) is 10.4. The van der Waals surface area contributed by atoms with Crippen molar-refractivity contribution in [3.63, 3.8) is 0 Å². The Hall–Kier alpha value is -2.68. The van der Waals surface area contributed by atoms with E-state index >= 15 is 0 Å². The normalized spacial score (nSPS) is 16.8. The smallest absolute Gasteiger partial charge is 0.323 e. The van der Waals surface area contributed by atoms with E-state index in [-0.39, 0.29) is 23.7 Å². The second-order valence-corrected chi connectivity index (χ2v) is 8.86. The summed E-state index contributed by atoms with van der Waals surface area (Å²) in [6, 6.07) is -0.227. The van der Waals surface area contributed by atoms with Crippen molar-refractivity contribution in [2.75, 3.05) is 32.0 Å². The number of aliphatic carboxylic acids is 1. The van der Waals surface area contributed by atoms with Crippen LogP contribution in [0.1, 0.15) is 36.7 Å². The van der Waals surface area contributed by atoms with Crippen LogP contribution in [0.2, 0.25) is 0 Å². The number of carbonyl (C=O) groups is 2. The summed E-state index contributed by atoms with van der Waals surface area (Å²) < 4.78 is 36.2. The third kappa shape index (κ3) is 9.21. The van der Waals surface area contributed by atoms with Crippen molar-refractivity contribution in [3.8, 4) is 5.88 Å². The molecule has 0 saturated carbocycles. The molecule has 2 heterocycles. The molecule has 1 amide bonds. The zero-order valence-electron chi connectivity index (χ0n) is 17.8. The third-order valence-corrected chi connectivity index (χ3v) is 5.78. The molecule has 32 heavy (non-hydrogen) atoms. The Balaban J connectivity index is 1.72. The number of rotatable bonds is 15. The molecule has 14 heteroatoms. The fourth-order valence-corrected chi connectivity index (χ4v) is 4.00. The van der Waals surface area contributed by atoms with Gasteiger partial charge < -0.3 is 25.0 Å². The molecule has 0 spiro atoms. The largest absolute Gasteiger partial charge is 0.480 e. The van der Waals surface area contributed by atoms with Gasteiger partial charge in [-0.05, 0) is 24.2 Å². The monoisotopic (exact) mass is 474 g/mol. The van der Waals surface area contributed by atoms with Crippen LogP contribution in [-0.4, -0.2) is 74.9 Å². The summed E-state index contributed by atoms with van der Waals surface area (Å²) in [6.07, 6.45) is 5.55. The predicted octanol–water partition coefficient (Wildman–Crippen LogP) is -1.07. The summed E-state index contributed by atoms with van der Waals surface area (Å²) >= 11 is 0. The number of ether oxygens (including phenoxy) is 1. The van der Waals surface area contributed by atoms with E-state index in [2.05, 4.69) is 31.1 Å². The van der Waals surface area contributed by atoms with Crippen molar-refractivity contribution < 1.29 is 32.4 Å². The van der Waals surface area contributed by atoms with E-state index in [1.807, 2.05) is 19.2 Å². The number of nitrogens with zero attached hydrogens (tertiary/aromatic N) is 1. The molecule has 1 aliphatic heterocycles. The van der Waals surface area contributed by atoms with Gasteiger partial charge in [-0.15, -0.1) is 0 Å². The first-order chi connectivity index (χ1) is 15.3. The highest BCUT2D eigenvalue weighted by atomic mass is 32.2. The number of sulfonamides is 1. The minimum absolute atomic E-state index is 0.00639. The first-order valence-corrected chi connectivity index (χ1v) is 11.9. The van der Waals surface area contributed by atoms with Crippen molar-refractivity contribution >= 4 is 21.9 Å². The Bertz CT molecular complexity index is 873. The fraction of sp³-hybridized carbons (Fsp3) is 0.611. The number of amides is 1. The van der Waals surface area contributed by atoms with E-state index in [1.165, 1.54) is 6.07 Å². The lowest BCUT2D eigenvalue weighted by Crippen LogP contribution is -2.53. The molecule has 0 aromatic carbocycles. The molecule has 2 rings (SSSR count). The molecule has 0 saturated heterocycles. The van der Waals surface area contributed by atoms with Crippen LogP contribution in [0.3, 0.4) is 0 Å². The number of nitrogens with one attached hydrogen (secondary N) is 5. The van der Waals surface area contributed by atoms with E-state index in [0.29, 0.717) is 32.4 Å². The molecule has 1 aliphatic rings. The Labute approximate surface area is 186 Å². The Morgan fingerprint density at radius 1 is 1.41 bits per heavy atom. The molecular formula is C18H30N6O7S. The summed E-state index contributed by atoms with van der Waals surface area (Å²) in [4.78, 5) is 23.5. The average Bonchev–Trinajstić information content (AvgIpc) is 3.24. The minimum Gasteiger partial charge on any atom is -0.480 e. The van der Waals surface area contributed by atoms with Crippen LogP contribution in [0.4, 0.5) is 0 Å². The highest BCUT2D eigenvalue weighted by Gasteiger charge is 2.25. The standard InChI is InChI=1S/C18H30N6O7S/c1-2-3-10-32(28,29)24-13(17(26)27)12-22-16(25)14-11-15(23-31-14)30-9-5-8-21-18-19-6-4-7-20-18/h4,6,11,13,18-21,24H,2-3,5,7-10,12H2,1H3,(H,22,25)(H,26,27). The predicted molar refractivity (Wildman–Crippen MR) is 114 cm³/mol. The van der Waals surface area contributed by atoms with Crippen LogP contribution >= 0.6 is 0 Å². The minimum atomic E-state index is -3.77. The lowest BCUT2D eigenvalue weighted by Gasteiger charge is -2.22.